The highest BCUT2D eigenvalue weighted by atomic mass is 16.5. The standard InChI is InChI=1S/C12H25NO2/c1-3-5-12(10-13-11-12)6-4-7-15-9-8-14-2/h13H,3-11H2,1-2H3. The van der Waals surface area contributed by atoms with E-state index in [4.69, 9.17) is 9.47 Å². The predicted molar refractivity (Wildman–Crippen MR) is 62.1 cm³/mol. The van der Waals surface area contributed by atoms with Gasteiger partial charge in [0, 0.05) is 26.8 Å². The van der Waals surface area contributed by atoms with E-state index in [1.807, 2.05) is 0 Å². The highest BCUT2D eigenvalue weighted by Crippen LogP contribution is 2.33. The van der Waals surface area contributed by atoms with Crippen molar-refractivity contribution in [2.45, 2.75) is 32.6 Å². The molecule has 3 nitrogen and oxygen atoms in total. The summed E-state index contributed by atoms with van der Waals surface area (Å²) in [5.74, 6) is 0. The molecule has 0 amide bonds. The second-order valence-corrected chi connectivity index (χ2v) is 4.56. The van der Waals surface area contributed by atoms with E-state index in [9.17, 15) is 0 Å². The minimum atomic E-state index is 0.597. The molecule has 1 aliphatic rings. The zero-order valence-electron chi connectivity index (χ0n) is 10.2. The molecular weight excluding hydrogens is 190 g/mol. The van der Waals surface area contributed by atoms with Crippen LogP contribution in [0.4, 0.5) is 0 Å². The number of hydrogen-bond donors (Lipinski definition) is 1. The van der Waals surface area contributed by atoms with Crippen molar-refractivity contribution >= 4 is 0 Å². The van der Waals surface area contributed by atoms with Gasteiger partial charge in [0.15, 0.2) is 0 Å². The van der Waals surface area contributed by atoms with Crippen LogP contribution in [0.5, 0.6) is 0 Å². The molecule has 15 heavy (non-hydrogen) atoms. The molecule has 0 aromatic carbocycles. The quantitative estimate of drug-likeness (QED) is 0.595. The molecule has 90 valence electrons. The first-order chi connectivity index (χ1) is 7.33. The molecule has 1 saturated heterocycles. The molecule has 0 aromatic heterocycles. The molecule has 0 bridgehead atoms. The maximum absolute atomic E-state index is 5.47. The van der Waals surface area contributed by atoms with Crippen molar-refractivity contribution in [1.82, 2.24) is 5.32 Å². The first-order valence-electron chi connectivity index (χ1n) is 6.10. The van der Waals surface area contributed by atoms with Crippen LogP contribution in [0.3, 0.4) is 0 Å². The fourth-order valence-electron chi connectivity index (χ4n) is 2.28. The highest BCUT2D eigenvalue weighted by Gasteiger charge is 2.34. The first kappa shape index (κ1) is 12.9. The minimum absolute atomic E-state index is 0.597. The van der Waals surface area contributed by atoms with Gasteiger partial charge in [-0.05, 0) is 24.7 Å². The molecule has 1 rings (SSSR count). The molecule has 1 fully saturated rings. The van der Waals surface area contributed by atoms with Crippen LogP contribution in [0.1, 0.15) is 32.6 Å². The second-order valence-electron chi connectivity index (χ2n) is 4.56. The highest BCUT2D eigenvalue weighted by molar-refractivity contribution is 4.91. The fraction of sp³-hybridized carbons (Fsp3) is 1.00. The van der Waals surface area contributed by atoms with E-state index in [0.29, 0.717) is 12.0 Å². The largest absolute Gasteiger partial charge is 0.382 e. The Morgan fingerprint density at radius 1 is 1.13 bits per heavy atom. The molecule has 1 heterocycles. The number of ether oxygens (including phenoxy) is 2. The topological polar surface area (TPSA) is 30.5 Å². The van der Waals surface area contributed by atoms with Crippen molar-refractivity contribution in [3.05, 3.63) is 0 Å². The van der Waals surface area contributed by atoms with Gasteiger partial charge in [-0.15, -0.1) is 0 Å². The molecule has 0 aliphatic carbocycles. The summed E-state index contributed by atoms with van der Waals surface area (Å²) >= 11 is 0. The van der Waals surface area contributed by atoms with Crippen LogP contribution in [0.2, 0.25) is 0 Å². The van der Waals surface area contributed by atoms with Crippen LogP contribution in [0.25, 0.3) is 0 Å². The predicted octanol–water partition coefficient (Wildman–Crippen LogP) is 1.82. The molecule has 0 unspecified atom stereocenters. The molecule has 0 spiro atoms. The Hall–Kier alpha value is -0.120. The van der Waals surface area contributed by atoms with Gasteiger partial charge in [0.1, 0.15) is 0 Å². The lowest BCUT2D eigenvalue weighted by atomic mass is 9.74. The first-order valence-corrected chi connectivity index (χ1v) is 6.10. The van der Waals surface area contributed by atoms with Gasteiger partial charge in [-0.1, -0.05) is 13.3 Å². The molecule has 0 aromatic rings. The number of nitrogens with one attached hydrogen (secondary N) is 1. The van der Waals surface area contributed by atoms with E-state index in [1.54, 1.807) is 7.11 Å². The van der Waals surface area contributed by atoms with E-state index in [0.717, 1.165) is 13.2 Å². The maximum Gasteiger partial charge on any atom is 0.0700 e. The van der Waals surface area contributed by atoms with Crippen molar-refractivity contribution < 1.29 is 9.47 Å². The lowest BCUT2D eigenvalue weighted by Crippen LogP contribution is -2.53. The van der Waals surface area contributed by atoms with E-state index < -0.39 is 0 Å². The Morgan fingerprint density at radius 2 is 1.93 bits per heavy atom. The summed E-state index contributed by atoms with van der Waals surface area (Å²) in [7, 11) is 1.71. The van der Waals surface area contributed by atoms with Gasteiger partial charge in [0.05, 0.1) is 13.2 Å². The van der Waals surface area contributed by atoms with E-state index in [1.165, 1.54) is 38.8 Å². The lowest BCUT2D eigenvalue weighted by Gasteiger charge is -2.43. The van der Waals surface area contributed by atoms with Crippen LogP contribution in [-0.4, -0.2) is 40.0 Å². The minimum Gasteiger partial charge on any atom is -0.382 e. The summed E-state index contributed by atoms with van der Waals surface area (Å²) in [5, 5.41) is 3.39. The number of hydrogen-bond acceptors (Lipinski definition) is 3. The summed E-state index contributed by atoms with van der Waals surface area (Å²) in [6, 6.07) is 0. The van der Waals surface area contributed by atoms with Gasteiger partial charge >= 0.3 is 0 Å². The molecule has 1 aliphatic heterocycles. The summed E-state index contributed by atoms with van der Waals surface area (Å²) < 4.78 is 10.4. The monoisotopic (exact) mass is 215 g/mol. The van der Waals surface area contributed by atoms with Gasteiger partial charge in [-0.2, -0.15) is 0 Å². The molecule has 0 saturated carbocycles. The number of rotatable bonds is 9. The lowest BCUT2D eigenvalue weighted by molar-refractivity contribution is 0.0555. The van der Waals surface area contributed by atoms with Crippen LogP contribution >= 0.6 is 0 Å². The third-order valence-electron chi connectivity index (χ3n) is 3.21. The van der Waals surface area contributed by atoms with Crippen molar-refractivity contribution in [3.63, 3.8) is 0 Å². The summed E-state index contributed by atoms with van der Waals surface area (Å²) in [6.07, 6.45) is 5.15. The van der Waals surface area contributed by atoms with Crippen molar-refractivity contribution in [1.29, 1.82) is 0 Å². The van der Waals surface area contributed by atoms with Crippen molar-refractivity contribution in [3.8, 4) is 0 Å². The normalized spacial score (nSPS) is 18.8. The third-order valence-corrected chi connectivity index (χ3v) is 3.21. The summed E-state index contributed by atoms with van der Waals surface area (Å²) in [6.45, 7) is 7.01. The van der Waals surface area contributed by atoms with Crippen LogP contribution in [0, 0.1) is 5.41 Å². The molecule has 0 radical (unpaired) electrons. The Morgan fingerprint density at radius 3 is 2.47 bits per heavy atom. The number of methoxy groups -OCH3 is 1. The van der Waals surface area contributed by atoms with Crippen LogP contribution in [0.15, 0.2) is 0 Å². The zero-order valence-corrected chi connectivity index (χ0v) is 10.2. The van der Waals surface area contributed by atoms with Crippen LogP contribution in [-0.2, 0) is 9.47 Å². The van der Waals surface area contributed by atoms with Gasteiger partial charge in [0.25, 0.3) is 0 Å². The van der Waals surface area contributed by atoms with E-state index in [-0.39, 0.29) is 0 Å². The van der Waals surface area contributed by atoms with Crippen molar-refractivity contribution in [2.75, 3.05) is 40.0 Å². The Balaban J connectivity index is 1.98. The van der Waals surface area contributed by atoms with Gasteiger partial charge in [-0.25, -0.2) is 0 Å². The summed E-state index contributed by atoms with van der Waals surface area (Å²) in [4.78, 5) is 0. The van der Waals surface area contributed by atoms with Crippen molar-refractivity contribution in [2.24, 2.45) is 5.41 Å². The average molecular weight is 215 g/mol. The SMILES string of the molecule is CCCC1(CCCOCCOC)CNC1. The van der Waals surface area contributed by atoms with Crippen LogP contribution < -0.4 is 5.32 Å². The second kappa shape index (κ2) is 7.20. The summed E-state index contributed by atoms with van der Waals surface area (Å²) in [5.41, 5.74) is 0.597. The average Bonchev–Trinajstić information content (AvgIpc) is 2.19. The van der Waals surface area contributed by atoms with E-state index in [2.05, 4.69) is 12.2 Å². The van der Waals surface area contributed by atoms with E-state index >= 15 is 0 Å². The van der Waals surface area contributed by atoms with Gasteiger partial charge < -0.3 is 14.8 Å². The Bertz CT molecular complexity index is 158. The van der Waals surface area contributed by atoms with Gasteiger partial charge in [-0.3, -0.25) is 0 Å². The Labute approximate surface area is 93.5 Å². The fourth-order valence-corrected chi connectivity index (χ4v) is 2.28. The smallest absolute Gasteiger partial charge is 0.0700 e. The maximum atomic E-state index is 5.47. The Kier molecular flexibility index (Phi) is 6.22. The molecule has 1 N–H and O–H groups in total. The molecular formula is C12H25NO2. The molecule has 3 heteroatoms. The molecule has 0 atom stereocenters. The van der Waals surface area contributed by atoms with Gasteiger partial charge in [0.2, 0.25) is 0 Å². The third kappa shape index (κ3) is 4.49. The zero-order chi connectivity index (χ0) is 11.0.